The van der Waals surface area contributed by atoms with Gasteiger partial charge in [-0.2, -0.15) is 0 Å². The summed E-state index contributed by atoms with van der Waals surface area (Å²) in [5.41, 5.74) is 0.751. The van der Waals surface area contributed by atoms with E-state index < -0.39 is 11.8 Å². The quantitative estimate of drug-likeness (QED) is 0.711. The van der Waals surface area contributed by atoms with Crippen molar-refractivity contribution in [3.05, 3.63) is 29.8 Å². The molecular formula is C21H29N3O3. The highest BCUT2D eigenvalue weighted by molar-refractivity contribution is 6.40. The van der Waals surface area contributed by atoms with E-state index in [4.69, 9.17) is 0 Å². The fourth-order valence-corrected chi connectivity index (χ4v) is 4.07. The van der Waals surface area contributed by atoms with Gasteiger partial charge in [0.15, 0.2) is 0 Å². The summed E-state index contributed by atoms with van der Waals surface area (Å²) >= 11 is 0. The summed E-state index contributed by atoms with van der Waals surface area (Å²) in [7, 11) is 0. The largest absolute Gasteiger partial charge is 0.349 e. The Labute approximate surface area is 160 Å². The van der Waals surface area contributed by atoms with Crippen molar-refractivity contribution >= 4 is 23.4 Å². The number of benzene rings is 1. The SMILES string of the molecule is C[C@@H]1CCCC[C@@H]1NC(=O)C(=O)Nc1ccccc1C(=O)NC1CCCC1. The maximum atomic E-state index is 12.6. The summed E-state index contributed by atoms with van der Waals surface area (Å²) < 4.78 is 0. The van der Waals surface area contributed by atoms with E-state index in [9.17, 15) is 14.4 Å². The molecule has 2 saturated carbocycles. The fourth-order valence-electron chi connectivity index (χ4n) is 4.07. The molecule has 3 rings (SSSR count). The van der Waals surface area contributed by atoms with Gasteiger partial charge in [0.1, 0.15) is 0 Å². The molecule has 1 aromatic rings. The number of carbonyl (C=O) groups is 3. The average Bonchev–Trinajstić information content (AvgIpc) is 3.17. The molecule has 0 heterocycles. The van der Waals surface area contributed by atoms with Crippen LogP contribution in [0.25, 0.3) is 0 Å². The van der Waals surface area contributed by atoms with Crippen LogP contribution in [0.1, 0.15) is 68.6 Å². The van der Waals surface area contributed by atoms with E-state index in [0.29, 0.717) is 17.2 Å². The molecule has 2 fully saturated rings. The van der Waals surface area contributed by atoms with E-state index in [1.165, 1.54) is 6.42 Å². The molecule has 1 aromatic carbocycles. The van der Waals surface area contributed by atoms with Crippen LogP contribution in [0.4, 0.5) is 5.69 Å². The van der Waals surface area contributed by atoms with Gasteiger partial charge in [0.05, 0.1) is 11.3 Å². The number of carbonyl (C=O) groups excluding carboxylic acids is 3. The molecule has 2 aliphatic carbocycles. The second kappa shape index (κ2) is 9.02. The molecular weight excluding hydrogens is 342 g/mol. The average molecular weight is 371 g/mol. The highest BCUT2D eigenvalue weighted by Gasteiger charge is 2.26. The third kappa shape index (κ3) is 5.08. The van der Waals surface area contributed by atoms with Crippen molar-refractivity contribution in [2.45, 2.75) is 70.4 Å². The summed E-state index contributed by atoms with van der Waals surface area (Å²) in [5, 5.41) is 8.47. The fraction of sp³-hybridized carbons (Fsp3) is 0.571. The maximum absolute atomic E-state index is 12.6. The van der Waals surface area contributed by atoms with Gasteiger partial charge >= 0.3 is 11.8 Å². The lowest BCUT2D eigenvalue weighted by molar-refractivity contribution is -0.137. The minimum Gasteiger partial charge on any atom is -0.349 e. The van der Waals surface area contributed by atoms with E-state index in [1.54, 1.807) is 24.3 Å². The second-order valence-electron chi connectivity index (χ2n) is 7.80. The minimum atomic E-state index is -0.728. The first kappa shape index (κ1) is 19.4. The summed E-state index contributed by atoms with van der Waals surface area (Å²) in [6.07, 6.45) is 8.44. The third-order valence-electron chi connectivity index (χ3n) is 5.74. The first-order valence-corrected chi connectivity index (χ1v) is 10.1. The minimum absolute atomic E-state index is 0.0397. The molecule has 0 saturated heterocycles. The summed E-state index contributed by atoms with van der Waals surface area (Å²) in [5.74, 6) is -1.20. The van der Waals surface area contributed by atoms with Gasteiger partial charge in [-0.3, -0.25) is 14.4 Å². The lowest BCUT2D eigenvalue weighted by Gasteiger charge is -2.29. The second-order valence-corrected chi connectivity index (χ2v) is 7.80. The Bertz CT molecular complexity index is 698. The van der Waals surface area contributed by atoms with Crippen LogP contribution in [0.15, 0.2) is 24.3 Å². The van der Waals surface area contributed by atoms with Gasteiger partial charge < -0.3 is 16.0 Å². The predicted octanol–water partition coefficient (Wildman–Crippen LogP) is 2.99. The molecule has 27 heavy (non-hydrogen) atoms. The zero-order valence-electron chi connectivity index (χ0n) is 15.9. The molecule has 0 spiro atoms. The van der Waals surface area contributed by atoms with Crippen molar-refractivity contribution in [2.75, 3.05) is 5.32 Å². The van der Waals surface area contributed by atoms with Crippen molar-refractivity contribution in [2.24, 2.45) is 5.92 Å². The van der Waals surface area contributed by atoms with E-state index >= 15 is 0 Å². The molecule has 6 heteroatoms. The molecule has 0 bridgehead atoms. The molecule has 0 aliphatic heterocycles. The lowest BCUT2D eigenvalue weighted by Crippen LogP contribution is -2.46. The van der Waals surface area contributed by atoms with Crippen molar-refractivity contribution < 1.29 is 14.4 Å². The number of anilines is 1. The van der Waals surface area contributed by atoms with Gasteiger partial charge in [-0.1, -0.05) is 44.7 Å². The maximum Gasteiger partial charge on any atom is 0.313 e. The number of rotatable bonds is 4. The summed E-state index contributed by atoms with van der Waals surface area (Å²) in [6, 6.07) is 7.04. The van der Waals surface area contributed by atoms with E-state index in [1.807, 2.05) is 0 Å². The van der Waals surface area contributed by atoms with Crippen LogP contribution in [-0.2, 0) is 9.59 Å². The molecule has 2 aliphatic rings. The van der Waals surface area contributed by atoms with Crippen molar-refractivity contribution in [1.82, 2.24) is 10.6 Å². The molecule has 0 aromatic heterocycles. The standard InChI is InChI=1S/C21H29N3O3/c1-14-8-2-6-12-17(14)23-20(26)21(27)24-18-13-7-5-11-16(18)19(25)22-15-9-3-4-10-15/h5,7,11,13-15,17H,2-4,6,8-10,12H2,1H3,(H,22,25)(H,23,26)(H,24,27)/t14-,17+/m1/s1. The number of hydrogen-bond donors (Lipinski definition) is 3. The van der Waals surface area contributed by atoms with Crippen molar-refractivity contribution in [3.63, 3.8) is 0 Å². The highest BCUT2D eigenvalue weighted by Crippen LogP contribution is 2.24. The van der Waals surface area contributed by atoms with Gasteiger partial charge in [0, 0.05) is 12.1 Å². The Balaban J connectivity index is 1.61. The van der Waals surface area contributed by atoms with E-state index in [0.717, 1.165) is 44.9 Å². The lowest BCUT2D eigenvalue weighted by atomic mass is 9.86. The summed E-state index contributed by atoms with van der Waals surface area (Å²) in [4.78, 5) is 37.2. The number of amides is 3. The van der Waals surface area contributed by atoms with Crippen LogP contribution < -0.4 is 16.0 Å². The first-order valence-electron chi connectivity index (χ1n) is 10.1. The molecule has 3 amide bonds. The van der Waals surface area contributed by atoms with Crippen molar-refractivity contribution in [1.29, 1.82) is 0 Å². The van der Waals surface area contributed by atoms with E-state index in [-0.39, 0.29) is 18.0 Å². The van der Waals surface area contributed by atoms with Gasteiger partial charge in [0.2, 0.25) is 0 Å². The van der Waals surface area contributed by atoms with Gasteiger partial charge in [-0.15, -0.1) is 0 Å². The highest BCUT2D eigenvalue weighted by atomic mass is 16.2. The third-order valence-corrected chi connectivity index (χ3v) is 5.74. The zero-order valence-corrected chi connectivity index (χ0v) is 15.9. The molecule has 2 atom stereocenters. The van der Waals surface area contributed by atoms with Crippen LogP contribution in [0.2, 0.25) is 0 Å². The van der Waals surface area contributed by atoms with Gasteiger partial charge in [-0.05, 0) is 43.7 Å². The smallest absolute Gasteiger partial charge is 0.313 e. The topological polar surface area (TPSA) is 87.3 Å². The van der Waals surface area contributed by atoms with Crippen LogP contribution in [-0.4, -0.2) is 29.8 Å². The van der Waals surface area contributed by atoms with Crippen molar-refractivity contribution in [3.8, 4) is 0 Å². The summed E-state index contributed by atoms with van der Waals surface area (Å²) in [6.45, 7) is 2.10. The predicted molar refractivity (Wildman–Crippen MR) is 104 cm³/mol. The zero-order chi connectivity index (χ0) is 19.2. The molecule has 0 radical (unpaired) electrons. The Kier molecular flexibility index (Phi) is 6.48. The molecule has 0 unspecified atom stereocenters. The van der Waals surface area contributed by atoms with E-state index in [2.05, 4.69) is 22.9 Å². The van der Waals surface area contributed by atoms with Crippen LogP contribution in [0.5, 0.6) is 0 Å². The monoisotopic (exact) mass is 371 g/mol. The molecule has 6 nitrogen and oxygen atoms in total. The van der Waals surface area contributed by atoms with Gasteiger partial charge in [0.25, 0.3) is 5.91 Å². The van der Waals surface area contributed by atoms with Gasteiger partial charge in [-0.25, -0.2) is 0 Å². The van der Waals surface area contributed by atoms with Crippen LogP contribution in [0.3, 0.4) is 0 Å². The first-order chi connectivity index (χ1) is 13.0. The molecule has 146 valence electrons. The number of hydrogen-bond acceptors (Lipinski definition) is 3. The number of nitrogens with one attached hydrogen (secondary N) is 3. The Morgan fingerprint density at radius 2 is 1.52 bits per heavy atom. The Morgan fingerprint density at radius 1 is 0.852 bits per heavy atom. The normalized spacial score (nSPS) is 22.9. The molecule has 3 N–H and O–H groups in total. The number of para-hydroxylation sites is 1. The Morgan fingerprint density at radius 3 is 2.26 bits per heavy atom. The van der Waals surface area contributed by atoms with Crippen LogP contribution in [0, 0.1) is 5.92 Å². The van der Waals surface area contributed by atoms with Crippen LogP contribution >= 0.6 is 0 Å². The Hall–Kier alpha value is -2.37.